The van der Waals surface area contributed by atoms with Crippen LogP contribution in [0.15, 0.2) is 54.1 Å². The second-order valence-corrected chi connectivity index (χ2v) is 6.33. The Labute approximate surface area is 140 Å². The van der Waals surface area contributed by atoms with E-state index in [1.807, 2.05) is 18.2 Å². The van der Waals surface area contributed by atoms with Gasteiger partial charge in [0.1, 0.15) is 0 Å². The van der Waals surface area contributed by atoms with E-state index in [0.717, 1.165) is 12.8 Å². The van der Waals surface area contributed by atoms with Crippen molar-refractivity contribution < 1.29 is 17.9 Å². The molecule has 0 amide bonds. The third-order valence-corrected chi connectivity index (χ3v) is 4.49. The lowest BCUT2D eigenvalue weighted by atomic mass is 9.89. The number of nitrogens with zero attached hydrogens (tertiary/aromatic N) is 1. The van der Waals surface area contributed by atoms with Crippen molar-refractivity contribution in [2.75, 3.05) is 19.7 Å². The first-order valence-electron chi connectivity index (χ1n) is 8.36. The molecule has 2 nitrogen and oxygen atoms in total. The van der Waals surface area contributed by atoms with E-state index in [0.29, 0.717) is 13.1 Å². The van der Waals surface area contributed by atoms with Crippen LogP contribution in [-0.4, -0.2) is 36.9 Å². The molecule has 1 unspecified atom stereocenters. The summed E-state index contributed by atoms with van der Waals surface area (Å²) in [4.78, 5) is 2.29. The third kappa shape index (κ3) is 4.48. The highest BCUT2D eigenvalue weighted by atomic mass is 19.4. The Morgan fingerprint density at radius 2 is 1.92 bits per heavy atom. The highest BCUT2D eigenvalue weighted by Crippen LogP contribution is 2.36. The minimum Gasteiger partial charge on any atom is -0.375 e. The van der Waals surface area contributed by atoms with E-state index in [1.54, 1.807) is 0 Å². The molecule has 1 saturated heterocycles. The summed E-state index contributed by atoms with van der Waals surface area (Å²) in [5.74, 6) is 0. The molecular formula is C19H22F3NO. The van der Waals surface area contributed by atoms with Gasteiger partial charge >= 0.3 is 6.18 Å². The van der Waals surface area contributed by atoms with Gasteiger partial charge in [0.05, 0.1) is 25.2 Å². The minimum atomic E-state index is -4.14. The van der Waals surface area contributed by atoms with Crippen molar-refractivity contribution in [3.8, 4) is 0 Å². The van der Waals surface area contributed by atoms with Crippen molar-refractivity contribution >= 4 is 0 Å². The van der Waals surface area contributed by atoms with E-state index in [9.17, 15) is 13.2 Å². The second-order valence-electron chi connectivity index (χ2n) is 6.33. The fourth-order valence-electron chi connectivity index (χ4n) is 3.27. The maximum absolute atomic E-state index is 12.2. The number of halogens is 3. The molecule has 1 aliphatic carbocycles. The average molecular weight is 337 g/mol. The van der Waals surface area contributed by atoms with Crippen LogP contribution >= 0.6 is 0 Å². The molecule has 3 rings (SSSR count). The van der Waals surface area contributed by atoms with E-state index >= 15 is 0 Å². The van der Waals surface area contributed by atoms with Crippen LogP contribution in [-0.2, 0) is 4.74 Å². The minimum absolute atomic E-state index is 0.0988. The van der Waals surface area contributed by atoms with E-state index in [1.165, 1.54) is 11.1 Å². The van der Waals surface area contributed by atoms with Crippen LogP contribution in [0, 0.1) is 0 Å². The lowest BCUT2D eigenvalue weighted by Crippen LogP contribution is -2.54. The number of hydrogen-bond donors (Lipinski definition) is 0. The Balaban J connectivity index is 1.60. The van der Waals surface area contributed by atoms with E-state index in [4.69, 9.17) is 4.74 Å². The van der Waals surface area contributed by atoms with Crippen LogP contribution in [0.25, 0.3) is 0 Å². The molecule has 0 radical (unpaired) electrons. The van der Waals surface area contributed by atoms with Gasteiger partial charge in [0.15, 0.2) is 0 Å². The highest BCUT2D eigenvalue weighted by molar-refractivity contribution is 5.33. The number of rotatable bonds is 6. The molecule has 0 spiro atoms. The van der Waals surface area contributed by atoms with Crippen molar-refractivity contribution in [1.29, 1.82) is 0 Å². The maximum Gasteiger partial charge on any atom is 0.391 e. The molecule has 2 aliphatic rings. The number of alkyl halides is 3. The quantitative estimate of drug-likeness (QED) is 0.749. The summed E-state index contributed by atoms with van der Waals surface area (Å²) in [6.45, 7) is 1.11. The summed E-state index contributed by atoms with van der Waals surface area (Å²) in [7, 11) is 0. The van der Waals surface area contributed by atoms with Crippen LogP contribution in [0.5, 0.6) is 0 Å². The zero-order valence-electron chi connectivity index (χ0n) is 13.5. The van der Waals surface area contributed by atoms with Gasteiger partial charge in [-0.05, 0) is 24.0 Å². The van der Waals surface area contributed by atoms with Crippen LogP contribution in [0.1, 0.15) is 30.9 Å². The number of hydrogen-bond acceptors (Lipinski definition) is 2. The van der Waals surface area contributed by atoms with Gasteiger partial charge in [-0.25, -0.2) is 0 Å². The molecule has 1 aliphatic heterocycles. The topological polar surface area (TPSA) is 12.5 Å². The molecule has 5 heteroatoms. The lowest BCUT2D eigenvalue weighted by Gasteiger charge is -2.45. The number of likely N-dealkylation sites (tertiary alicyclic amines) is 1. The molecule has 1 atom stereocenters. The van der Waals surface area contributed by atoms with E-state index in [-0.39, 0.29) is 18.8 Å². The van der Waals surface area contributed by atoms with Crippen molar-refractivity contribution in [2.45, 2.75) is 37.6 Å². The van der Waals surface area contributed by atoms with Crippen LogP contribution in [0.3, 0.4) is 0 Å². The van der Waals surface area contributed by atoms with Gasteiger partial charge < -0.3 is 4.74 Å². The standard InChI is InChI=1S/C19H22F3NO/c20-19(21,22)11-12-24-17-13-23(14-17)18(15-7-3-1-4-8-15)16-9-5-2-6-10-16/h1-5,7-9,17-18H,6,10-14H2. The Morgan fingerprint density at radius 1 is 1.17 bits per heavy atom. The summed E-state index contributed by atoms with van der Waals surface area (Å²) in [5, 5.41) is 0. The molecule has 1 heterocycles. The summed E-state index contributed by atoms with van der Waals surface area (Å²) in [6, 6.07) is 10.5. The summed E-state index contributed by atoms with van der Waals surface area (Å²) >= 11 is 0. The van der Waals surface area contributed by atoms with Crippen molar-refractivity contribution in [2.24, 2.45) is 0 Å². The molecule has 0 N–H and O–H groups in total. The smallest absolute Gasteiger partial charge is 0.375 e. The first-order chi connectivity index (χ1) is 11.5. The predicted octanol–water partition coefficient (Wildman–Crippen LogP) is 4.66. The predicted molar refractivity (Wildman–Crippen MR) is 87.6 cm³/mol. The summed E-state index contributed by atoms with van der Waals surface area (Å²) in [6.07, 6.45) is 3.35. The number of ether oxygens (including phenoxy) is 1. The van der Waals surface area contributed by atoms with Gasteiger partial charge in [0.25, 0.3) is 0 Å². The van der Waals surface area contributed by atoms with Crippen LogP contribution < -0.4 is 0 Å². The van der Waals surface area contributed by atoms with Gasteiger partial charge in [-0.1, -0.05) is 48.6 Å². The zero-order valence-corrected chi connectivity index (χ0v) is 13.5. The Morgan fingerprint density at radius 3 is 2.54 bits per heavy atom. The number of allylic oxidation sites excluding steroid dienone is 3. The van der Waals surface area contributed by atoms with Crippen molar-refractivity contribution in [3.63, 3.8) is 0 Å². The maximum atomic E-state index is 12.2. The van der Waals surface area contributed by atoms with Crippen molar-refractivity contribution in [1.82, 2.24) is 4.90 Å². The highest BCUT2D eigenvalue weighted by Gasteiger charge is 2.36. The van der Waals surface area contributed by atoms with E-state index < -0.39 is 12.6 Å². The van der Waals surface area contributed by atoms with E-state index in [2.05, 4.69) is 35.3 Å². The van der Waals surface area contributed by atoms with Gasteiger partial charge in [0, 0.05) is 13.1 Å². The SMILES string of the molecule is FC(F)(F)CCOC1CN(C(C2=CC=CCC2)c2ccccc2)C1. The second kappa shape index (κ2) is 7.53. The Bertz CT molecular complexity index is 588. The summed E-state index contributed by atoms with van der Waals surface area (Å²) in [5.41, 5.74) is 2.59. The van der Waals surface area contributed by atoms with Gasteiger partial charge in [-0.3, -0.25) is 4.90 Å². The van der Waals surface area contributed by atoms with Gasteiger partial charge in [-0.2, -0.15) is 13.2 Å². The number of benzene rings is 1. The molecule has 24 heavy (non-hydrogen) atoms. The molecular weight excluding hydrogens is 315 g/mol. The molecule has 1 fully saturated rings. The largest absolute Gasteiger partial charge is 0.391 e. The first kappa shape index (κ1) is 17.2. The molecule has 0 bridgehead atoms. The van der Waals surface area contributed by atoms with Crippen molar-refractivity contribution in [3.05, 3.63) is 59.7 Å². The Kier molecular flexibility index (Phi) is 5.41. The van der Waals surface area contributed by atoms with Gasteiger partial charge in [0.2, 0.25) is 0 Å². The molecule has 1 aromatic carbocycles. The molecule has 130 valence electrons. The molecule has 0 aromatic heterocycles. The molecule has 1 aromatic rings. The Hall–Kier alpha value is -1.59. The summed E-state index contributed by atoms with van der Waals surface area (Å²) < 4.78 is 41.9. The third-order valence-electron chi connectivity index (χ3n) is 4.49. The van der Waals surface area contributed by atoms with Crippen LogP contribution in [0.2, 0.25) is 0 Å². The normalized spacial score (nSPS) is 20.5. The monoisotopic (exact) mass is 337 g/mol. The zero-order chi connectivity index (χ0) is 17.0. The average Bonchev–Trinajstić information content (AvgIpc) is 2.53. The fourth-order valence-corrected chi connectivity index (χ4v) is 3.27. The fraction of sp³-hybridized carbons (Fsp3) is 0.474. The lowest BCUT2D eigenvalue weighted by molar-refractivity contribution is -0.157. The molecule has 0 saturated carbocycles. The first-order valence-corrected chi connectivity index (χ1v) is 8.36. The van der Waals surface area contributed by atoms with Crippen LogP contribution in [0.4, 0.5) is 13.2 Å². The van der Waals surface area contributed by atoms with Gasteiger partial charge in [-0.15, -0.1) is 0 Å².